The van der Waals surface area contributed by atoms with Crippen molar-refractivity contribution < 1.29 is 4.74 Å². The van der Waals surface area contributed by atoms with E-state index in [1.54, 1.807) is 0 Å². The molecule has 0 amide bonds. The van der Waals surface area contributed by atoms with E-state index in [1.807, 2.05) is 43.3 Å². The van der Waals surface area contributed by atoms with Crippen molar-refractivity contribution in [3.63, 3.8) is 0 Å². The molecule has 0 unspecified atom stereocenters. The van der Waals surface area contributed by atoms with Gasteiger partial charge in [0.15, 0.2) is 0 Å². The molecule has 0 heterocycles. The molecule has 0 aliphatic rings. The Morgan fingerprint density at radius 3 is 2.53 bits per heavy atom. The Morgan fingerprint density at radius 2 is 1.89 bits per heavy atom. The molecule has 0 aliphatic heterocycles. The Bertz CT molecular complexity index is 647. The van der Waals surface area contributed by atoms with Crippen LogP contribution in [0.3, 0.4) is 0 Å². The van der Waals surface area contributed by atoms with Crippen LogP contribution < -0.4 is 4.74 Å². The second kappa shape index (κ2) is 6.23. The summed E-state index contributed by atoms with van der Waals surface area (Å²) in [5.74, 6) is 1.27. The summed E-state index contributed by atoms with van der Waals surface area (Å²) < 4.78 is 6.68. The highest BCUT2D eigenvalue weighted by atomic mass is 79.9. The Hall–Kier alpha value is -1.31. The first-order chi connectivity index (χ1) is 9.13. The molecule has 2 nitrogen and oxygen atoms in total. The Labute approximate surface area is 129 Å². The summed E-state index contributed by atoms with van der Waals surface area (Å²) in [5, 5.41) is 9.89. The lowest BCUT2D eigenvalue weighted by Gasteiger charge is -2.10. The van der Waals surface area contributed by atoms with Crippen molar-refractivity contribution in [3.8, 4) is 17.6 Å². The number of hydrogen-bond donors (Lipinski definition) is 0. The maximum atomic E-state index is 9.17. The number of ether oxygens (including phenoxy) is 1. The van der Waals surface area contributed by atoms with Gasteiger partial charge in [0.25, 0.3) is 0 Å². The van der Waals surface area contributed by atoms with E-state index in [0.717, 1.165) is 20.9 Å². The van der Waals surface area contributed by atoms with Gasteiger partial charge in [0.05, 0.1) is 10.0 Å². The van der Waals surface area contributed by atoms with Crippen molar-refractivity contribution in [2.45, 2.75) is 12.3 Å². The molecule has 0 N–H and O–H groups in total. The van der Waals surface area contributed by atoms with Crippen LogP contribution in [0.1, 0.15) is 16.7 Å². The normalized spacial score (nSPS) is 10.0. The van der Waals surface area contributed by atoms with Crippen LogP contribution in [0.2, 0.25) is 0 Å². The fourth-order valence-electron chi connectivity index (χ4n) is 1.64. The van der Waals surface area contributed by atoms with Gasteiger partial charge in [0, 0.05) is 5.33 Å². The number of halogens is 2. The van der Waals surface area contributed by atoms with Crippen LogP contribution in [-0.2, 0) is 5.33 Å². The zero-order valence-corrected chi connectivity index (χ0v) is 13.5. The first-order valence-electron chi connectivity index (χ1n) is 5.67. The van der Waals surface area contributed by atoms with E-state index in [0.29, 0.717) is 17.1 Å². The van der Waals surface area contributed by atoms with Gasteiger partial charge < -0.3 is 4.74 Å². The number of aryl methyl sites for hydroxylation is 1. The maximum Gasteiger partial charge on any atom is 0.145 e. The summed E-state index contributed by atoms with van der Waals surface area (Å²) in [6, 6.07) is 13.6. The second-order valence-electron chi connectivity index (χ2n) is 4.11. The fraction of sp³-hybridized carbons (Fsp3) is 0.133. The summed E-state index contributed by atoms with van der Waals surface area (Å²) in [6.07, 6.45) is 0. The van der Waals surface area contributed by atoms with Gasteiger partial charge in [0.1, 0.15) is 17.6 Å². The molecule has 0 atom stereocenters. The van der Waals surface area contributed by atoms with E-state index in [9.17, 15) is 5.26 Å². The van der Waals surface area contributed by atoms with Gasteiger partial charge in [0.2, 0.25) is 0 Å². The van der Waals surface area contributed by atoms with Crippen molar-refractivity contribution in [1.82, 2.24) is 0 Å². The summed E-state index contributed by atoms with van der Waals surface area (Å²) >= 11 is 6.84. The standard InChI is InChI=1S/C15H11Br2NO/c1-10-2-4-15(13(17)6-10)19-14-5-3-11(8-16)7-12(14)9-18/h2-7H,8H2,1H3. The van der Waals surface area contributed by atoms with Crippen LogP contribution in [-0.4, -0.2) is 0 Å². The molecule has 0 bridgehead atoms. The zero-order valence-electron chi connectivity index (χ0n) is 10.3. The first-order valence-corrected chi connectivity index (χ1v) is 7.58. The fourth-order valence-corrected chi connectivity index (χ4v) is 2.57. The van der Waals surface area contributed by atoms with E-state index in [1.165, 1.54) is 0 Å². The van der Waals surface area contributed by atoms with E-state index in [4.69, 9.17) is 4.74 Å². The van der Waals surface area contributed by atoms with Crippen LogP contribution in [0.5, 0.6) is 11.5 Å². The number of benzene rings is 2. The summed E-state index contributed by atoms with van der Waals surface area (Å²) in [6.45, 7) is 2.01. The van der Waals surface area contributed by atoms with Gasteiger partial charge in [-0.3, -0.25) is 0 Å². The van der Waals surface area contributed by atoms with E-state index in [-0.39, 0.29) is 0 Å². The molecular formula is C15H11Br2NO. The molecular weight excluding hydrogens is 370 g/mol. The minimum atomic E-state index is 0.532. The SMILES string of the molecule is Cc1ccc(Oc2ccc(CBr)cc2C#N)c(Br)c1. The predicted molar refractivity (Wildman–Crippen MR) is 82.7 cm³/mol. The Balaban J connectivity index is 2.35. The highest BCUT2D eigenvalue weighted by Crippen LogP contribution is 2.32. The minimum Gasteiger partial charge on any atom is -0.455 e. The molecule has 0 saturated heterocycles. The van der Waals surface area contributed by atoms with Gasteiger partial charge in [-0.1, -0.05) is 28.1 Å². The molecule has 0 aromatic heterocycles. The lowest BCUT2D eigenvalue weighted by molar-refractivity contribution is 0.478. The van der Waals surface area contributed by atoms with Crippen molar-refractivity contribution in [3.05, 3.63) is 57.6 Å². The van der Waals surface area contributed by atoms with Crippen LogP contribution >= 0.6 is 31.9 Å². The van der Waals surface area contributed by atoms with Gasteiger partial charge in [-0.2, -0.15) is 5.26 Å². The number of nitriles is 1. The third-order valence-corrected chi connectivity index (χ3v) is 3.89. The maximum absolute atomic E-state index is 9.17. The summed E-state index contributed by atoms with van der Waals surface area (Å²) in [5.41, 5.74) is 2.73. The van der Waals surface area contributed by atoms with Crippen molar-refractivity contribution in [1.29, 1.82) is 5.26 Å². The van der Waals surface area contributed by atoms with Crippen molar-refractivity contribution in [2.75, 3.05) is 0 Å². The molecule has 2 rings (SSSR count). The summed E-state index contributed by atoms with van der Waals surface area (Å²) in [7, 11) is 0. The molecule has 0 radical (unpaired) electrons. The van der Waals surface area contributed by atoms with E-state index >= 15 is 0 Å². The average molecular weight is 381 g/mol. The van der Waals surface area contributed by atoms with Gasteiger partial charge in [-0.15, -0.1) is 0 Å². The molecule has 0 aliphatic carbocycles. The molecule has 19 heavy (non-hydrogen) atoms. The van der Waals surface area contributed by atoms with Gasteiger partial charge in [-0.05, 0) is 58.2 Å². The molecule has 2 aromatic carbocycles. The smallest absolute Gasteiger partial charge is 0.145 e. The van der Waals surface area contributed by atoms with Crippen LogP contribution in [0.4, 0.5) is 0 Å². The number of nitrogens with zero attached hydrogens (tertiary/aromatic N) is 1. The molecule has 0 saturated carbocycles. The predicted octanol–water partition coefficient (Wildman–Crippen LogP) is 5.32. The Morgan fingerprint density at radius 1 is 1.16 bits per heavy atom. The Kier molecular flexibility index (Phi) is 4.62. The summed E-state index contributed by atoms with van der Waals surface area (Å²) in [4.78, 5) is 0. The molecule has 4 heteroatoms. The van der Waals surface area contributed by atoms with Gasteiger partial charge >= 0.3 is 0 Å². The molecule has 0 spiro atoms. The highest BCUT2D eigenvalue weighted by molar-refractivity contribution is 9.10. The number of rotatable bonds is 3. The monoisotopic (exact) mass is 379 g/mol. The topological polar surface area (TPSA) is 33.0 Å². The number of alkyl halides is 1. The quantitative estimate of drug-likeness (QED) is 0.675. The molecule has 96 valence electrons. The van der Waals surface area contributed by atoms with Crippen molar-refractivity contribution in [2.24, 2.45) is 0 Å². The third kappa shape index (κ3) is 3.37. The molecule has 2 aromatic rings. The largest absolute Gasteiger partial charge is 0.455 e. The van der Waals surface area contributed by atoms with Crippen molar-refractivity contribution >= 4 is 31.9 Å². The first kappa shape index (κ1) is 14.1. The highest BCUT2D eigenvalue weighted by Gasteiger charge is 2.08. The van der Waals surface area contributed by atoms with E-state index < -0.39 is 0 Å². The lowest BCUT2D eigenvalue weighted by atomic mass is 10.1. The van der Waals surface area contributed by atoms with Crippen LogP contribution in [0.15, 0.2) is 40.9 Å². The van der Waals surface area contributed by atoms with Crippen LogP contribution in [0, 0.1) is 18.3 Å². The third-order valence-electron chi connectivity index (χ3n) is 2.63. The minimum absolute atomic E-state index is 0.532. The van der Waals surface area contributed by atoms with Gasteiger partial charge in [-0.25, -0.2) is 0 Å². The molecule has 0 fully saturated rings. The average Bonchev–Trinajstić information content (AvgIpc) is 2.42. The zero-order chi connectivity index (χ0) is 13.8. The second-order valence-corrected chi connectivity index (χ2v) is 5.53. The number of hydrogen-bond acceptors (Lipinski definition) is 2. The van der Waals surface area contributed by atoms with E-state index in [2.05, 4.69) is 37.9 Å². The van der Waals surface area contributed by atoms with Crippen LogP contribution in [0.25, 0.3) is 0 Å². The lowest BCUT2D eigenvalue weighted by Crippen LogP contribution is -1.91.